The van der Waals surface area contributed by atoms with Crippen molar-refractivity contribution in [2.45, 2.75) is 6.54 Å². The van der Waals surface area contributed by atoms with Gasteiger partial charge in [-0.2, -0.15) is 0 Å². The normalized spacial score (nSPS) is 10.7. The summed E-state index contributed by atoms with van der Waals surface area (Å²) in [6.07, 6.45) is 3.27. The third-order valence-corrected chi connectivity index (χ3v) is 2.80. The topological polar surface area (TPSA) is 90.9 Å². The maximum atomic E-state index is 11.3. The Morgan fingerprint density at radius 3 is 2.58 bits per heavy atom. The van der Waals surface area contributed by atoms with Crippen LogP contribution in [0.15, 0.2) is 50.8 Å². The zero-order chi connectivity index (χ0) is 13.2. The van der Waals surface area contributed by atoms with E-state index in [0.717, 1.165) is 11.3 Å². The molecule has 6 nitrogen and oxygen atoms in total. The van der Waals surface area contributed by atoms with E-state index in [-0.39, 0.29) is 0 Å². The third-order valence-electron chi connectivity index (χ3n) is 2.80. The van der Waals surface area contributed by atoms with Gasteiger partial charge in [0.25, 0.3) is 0 Å². The third kappa shape index (κ3) is 2.28. The second-order valence-corrected chi connectivity index (χ2v) is 4.15. The molecule has 0 spiro atoms. The first-order valence-corrected chi connectivity index (χ1v) is 5.74. The van der Waals surface area contributed by atoms with Crippen molar-refractivity contribution in [3.63, 3.8) is 0 Å². The average Bonchev–Trinajstić information content (AvgIpc) is 2.91. The number of hydrogen-bond acceptors (Lipinski definition) is 4. The van der Waals surface area contributed by atoms with E-state index in [1.54, 1.807) is 24.7 Å². The highest BCUT2D eigenvalue weighted by atomic mass is 16.3. The molecule has 0 saturated heterocycles. The van der Waals surface area contributed by atoms with Crippen LogP contribution in [0.1, 0.15) is 5.56 Å². The van der Waals surface area contributed by atoms with Crippen molar-refractivity contribution in [3.8, 4) is 0 Å². The first kappa shape index (κ1) is 11.3. The van der Waals surface area contributed by atoms with Crippen LogP contribution in [0.2, 0.25) is 0 Å². The smallest absolute Gasteiger partial charge is 0.314 e. The van der Waals surface area contributed by atoms with Crippen molar-refractivity contribution in [1.29, 1.82) is 0 Å². The molecule has 96 valence electrons. The lowest BCUT2D eigenvalue weighted by atomic mass is 10.2. The van der Waals surface area contributed by atoms with Crippen molar-refractivity contribution in [2.75, 3.05) is 5.32 Å². The second-order valence-electron chi connectivity index (χ2n) is 4.15. The standard InChI is InChI=1S/C13H11N3O3/c17-12-13(18)16-11-5-9(1-2-10(11)15-12)14-6-8-3-4-19-7-8/h1-5,7,14H,6H2,(H,15,17)(H,16,18). The zero-order valence-corrected chi connectivity index (χ0v) is 9.90. The van der Waals surface area contributed by atoms with E-state index in [1.807, 2.05) is 12.1 Å². The van der Waals surface area contributed by atoms with Crippen LogP contribution in [0.5, 0.6) is 0 Å². The van der Waals surface area contributed by atoms with E-state index in [1.165, 1.54) is 0 Å². The number of anilines is 1. The number of nitrogens with one attached hydrogen (secondary N) is 3. The molecule has 0 aliphatic heterocycles. The molecule has 2 aromatic heterocycles. The zero-order valence-electron chi connectivity index (χ0n) is 9.90. The molecule has 0 atom stereocenters. The van der Waals surface area contributed by atoms with Gasteiger partial charge in [-0.1, -0.05) is 0 Å². The minimum absolute atomic E-state index is 0.585. The predicted octanol–water partition coefficient (Wildman–Crippen LogP) is 1.42. The fourth-order valence-corrected chi connectivity index (χ4v) is 1.82. The van der Waals surface area contributed by atoms with Gasteiger partial charge in [0.05, 0.1) is 23.6 Å². The van der Waals surface area contributed by atoms with Gasteiger partial charge < -0.3 is 19.7 Å². The SMILES string of the molecule is O=c1[nH]c2ccc(NCc3ccoc3)cc2[nH]c1=O. The highest BCUT2D eigenvalue weighted by Gasteiger charge is 2.01. The maximum Gasteiger partial charge on any atom is 0.314 e. The number of aromatic nitrogens is 2. The summed E-state index contributed by atoms with van der Waals surface area (Å²) in [4.78, 5) is 27.5. The summed E-state index contributed by atoms with van der Waals surface area (Å²) in [7, 11) is 0. The minimum atomic E-state index is -0.653. The van der Waals surface area contributed by atoms with Gasteiger partial charge in [-0.3, -0.25) is 9.59 Å². The molecular weight excluding hydrogens is 246 g/mol. The van der Waals surface area contributed by atoms with E-state index in [2.05, 4.69) is 15.3 Å². The summed E-state index contributed by atoms with van der Waals surface area (Å²) in [5.41, 5.74) is 1.75. The van der Waals surface area contributed by atoms with Gasteiger partial charge in [-0.15, -0.1) is 0 Å². The Balaban J connectivity index is 1.91. The van der Waals surface area contributed by atoms with Crippen molar-refractivity contribution in [3.05, 3.63) is 63.1 Å². The van der Waals surface area contributed by atoms with Gasteiger partial charge in [-0.05, 0) is 24.3 Å². The molecule has 0 bridgehead atoms. The van der Waals surface area contributed by atoms with Crippen molar-refractivity contribution < 1.29 is 4.42 Å². The molecule has 0 radical (unpaired) electrons. The first-order valence-electron chi connectivity index (χ1n) is 5.74. The van der Waals surface area contributed by atoms with Crippen LogP contribution in [0.25, 0.3) is 11.0 Å². The van der Waals surface area contributed by atoms with E-state index >= 15 is 0 Å². The summed E-state index contributed by atoms with van der Waals surface area (Å²) < 4.78 is 4.97. The molecule has 3 N–H and O–H groups in total. The van der Waals surface area contributed by atoms with Crippen molar-refractivity contribution in [2.24, 2.45) is 0 Å². The number of hydrogen-bond donors (Lipinski definition) is 3. The molecule has 1 aromatic carbocycles. The van der Waals surface area contributed by atoms with Crippen LogP contribution in [-0.2, 0) is 6.54 Å². The van der Waals surface area contributed by atoms with Gasteiger partial charge in [0.2, 0.25) is 0 Å². The quantitative estimate of drug-likeness (QED) is 0.619. The van der Waals surface area contributed by atoms with E-state index in [0.29, 0.717) is 17.6 Å². The monoisotopic (exact) mass is 257 g/mol. The minimum Gasteiger partial charge on any atom is -0.472 e. The van der Waals surface area contributed by atoms with Crippen LogP contribution in [0, 0.1) is 0 Å². The molecule has 0 aliphatic rings. The Morgan fingerprint density at radius 1 is 1.05 bits per heavy atom. The first-order chi connectivity index (χ1) is 9.22. The summed E-state index contributed by atoms with van der Waals surface area (Å²) in [5, 5.41) is 3.20. The number of H-pyrrole nitrogens is 2. The second kappa shape index (κ2) is 4.49. The Hall–Kier alpha value is -2.76. The Morgan fingerprint density at radius 2 is 1.84 bits per heavy atom. The maximum absolute atomic E-state index is 11.3. The molecule has 0 saturated carbocycles. The highest BCUT2D eigenvalue weighted by molar-refractivity contribution is 5.78. The Kier molecular flexibility index (Phi) is 2.68. The van der Waals surface area contributed by atoms with Crippen molar-refractivity contribution >= 4 is 16.7 Å². The lowest BCUT2D eigenvalue weighted by Crippen LogP contribution is -2.28. The summed E-state index contributed by atoms with van der Waals surface area (Å²) in [5.74, 6) is 0. The Bertz CT molecular complexity index is 815. The van der Waals surface area contributed by atoms with Crippen LogP contribution in [0.3, 0.4) is 0 Å². The number of rotatable bonds is 3. The molecular formula is C13H11N3O3. The largest absolute Gasteiger partial charge is 0.472 e. The van der Waals surface area contributed by atoms with E-state index in [9.17, 15) is 9.59 Å². The molecule has 19 heavy (non-hydrogen) atoms. The average molecular weight is 257 g/mol. The summed E-state index contributed by atoms with van der Waals surface area (Å²) in [6, 6.07) is 7.21. The molecule has 0 unspecified atom stereocenters. The molecule has 0 fully saturated rings. The molecule has 0 aliphatic carbocycles. The summed E-state index contributed by atoms with van der Waals surface area (Å²) >= 11 is 0. The predicted molar refractivity (Wildman–Crippen MR) is 71.2 cm³/mol. The molecule has 3 aromatic rings. The lowest BCUT2D eigenvalue weighted by Gasteiger charge is -2.05. The summed E-state index contributed by atoms with van der Waals surface area (Å²) in [6.45, 7) is 0.621. The Labute approximate surface area is 107 Å². The van der Waals surface area contributed by atoms with Gasteiger partial charge >= 0.3 is 11.1 Å². The van der Waals surface area contributed by atoms with Gasteiger partial charge in [0, 0.05) is 17.8 Å². The number of aromatic amines is 2. The number of fused-ring (bicyclic) bond motifs is 1. The van der Waals surface area contributed by atoms with Crippen LogP contribution >= 0.6 is 0 Å². The number of benzene rings is 1. The fourth-order valence-electron chi connectivity index (χ4n) is 1.82. The molecule has 2 heterocycles. The van der Waals surface area contributed by atoms with Gasteiger partial charge in [0.1, 0.15) is 0 Å². The van der Waals surface area contributed by atoms with Crippen LogP contribution < -0.4 is 16.4 Å². The van der Waals surface area contributed by atoms with Gasteiger partial charge in [-0.25, -0.2) is 0 Å². The van der Waals surface area contributed by atoms with Crippen LogP contribution in [0.4, 0.5) is 5.69 Å². The van der Waals surface area contributed by atoms with Gasteiger partial charge in [0.15, 0.2) is 0 Å². The lowest BCUT2D eigenvalue weighted by molar-refractivity contribution is 0.564. The van der Waals surface area contributed by atoms with Crippen molar-refractivity contribution in [1.82, 2.24) is 9.97 Å². The molecule has 3 rings (SSSR count). The number of furan rings is 1. The molecule has 0 amide bonds. The molecule has 6 heteroatoms. The highest BCUT2D eigenvalue weighted by Crippen LogP contribution is 2.14. The fraction of sp³-hybridized carbons (Fsp3) is 0.0769. The van der Waals surface area contributed by atoms with E-state index in [4.69, 9.17) is 4.42 Å². The van der Waals surface area contributed by atoms with E-state index < -0.39 is 11.1 Å². The van der Waals surface area contributed by atoms with Crippen LogP contribution in [-0.4, -0.2) is 9.97 Å².